The first-order valence-electron chi connectivity index (χ1n) is 12.2. The summed E-state index contributed by atoms with van der Waals surface area (Å²) in [6, 6.07) is 17.4. The highest BCUT2D eigenvalue weighted by atomic mass is 19.1. The van der Waals surface area contributed by atoms with Crippen LogP contribution < -0.4 is 10.5 Å². The molecule has 5 aromatic rings. The molecule has 0 bridgehead atoms. The summed E-state index contributed by atoms with van der Waals surface area (Å²) in [4.78, 5) is 34.5. The molecule has 37 heavy (non-hydrogen) atoms. The highest BCUT2D eigenvalue weighted by Gasteiger charge is 2.24. The number of aromatic amines is 1. The van der Waals surface area contributed by atoms with E-state index in [1.165, 1.54) is 27.4 Å². The number of anilines is 1. The van der Waals surface area contributed by atoms with Gasteiger partial charge >= 0.3 is 0 Å². The Kier molecular flexibility index (Phi) is 5.48. The molecule has 0 radical (unpaired) electrons. The van der Waals surface area contributed by atoms with Gasteiger partial charge in [0.05, 0.1) is 10.9 Å². The van der Waals surface area contributed by atoms with Crippen LogP contribution in [0.3, 0.4) is 0 Å². The van der Waals surface area contributed by atoms with E-state index >= 15 is 0 Å². The molecule has 1 aliphatic heterocycles. The number of carbonyl (C=O) groups excluding carboxylic acids is 1. The fourth-order valence-electron chi connectivity index (χ4n) is 5.01. The zero-order valence-electron chi connectivity index (χ0n) is 20.5. The second-order valence-electron chi connectivity index (χ2n) is 9.35. The lowest BCUT2D eigenvalue weighted by molar-refractivity contribution is 0.0747. The minimum atomic E-state index is -0.463. The minimum Gasteiger partial charge on any atom is -0.368 e. The quantitative estimate of drug-likeness (QED) is 0.409. The summed E-state index contributed by atoms with van der Waals surface area (Å²) in [5, 5.41) is 7.40. The predicted molar refractivity (Wildman–Crippen MR) is 141 cm³/mol. The van der Waals surface area contributed by atoms with Gasteiger partial charge in [0.15, 0.2) is 5.65 Å². The number of H-pyrrole nitrogens is 1. The number of aryl methyl sites for hydroxylation is 1. The third kappa shape index (κ3) is 3.83. The molecule has 0 saturated carbocycles. The molecular weight excluding hydrogens is 471 g/mol. The molecule has 3 heterocycles. The van der Waals surface area contributed by atoms with Gasteiger partial charge in [0.2, 0.25) is 0 Å². The van der Waals surface area contributed by atoms with Crippen molar-refractivity contribution in [3.63, 3.8) is 0 Å². The number of carbonyl (C=O) groups is 1. The number of benzene rings is 3. The number of hydrogen-bond donors (Lipinski definition) is 1. The Labute approximate surface area is 211 Å². The van der Waals surface area contributed by atoms with Crippen molar-refractivity contribution in [3.05, 3.63) is 93.5 Å². The maximum Gasteiger partial charge on any atom is 0.281 e. The van der Waals surface area contributed by atoms with Crippen LogP contribution >= 0.6 is 0 Å². The minimum absolute atomic E-state index is 0.102. The Balaban J connectivity index is 1.32. The van der Waals surface area contributed by atoms with Gasteiger partial charge in [0, 0.05) is 43.0 Å². The van der Waals surface area contributed by atoms with E-state index in [0.717, 1.165) is 13.1 Å². The van der Waals surface area contributed by atoms with E-state index in [-0.39, 0.29) is 22.8 Å². The van der Waals surface area contributed by atoms with Gasteiger partial charge in [-0.2, -0.15) is 10.1 Å². The molecule has 0 atom stereocenters. The summed E-state index contributed by atoms with van der Waals surface area (Å²) < 4.78 is 15.9. The van der Waals surface area contributed by atoms with Crippen LogP contribution in [0.5, 0.6) is 0 Å². The first-order valence-corrected chi connectivity index (χ1v) is 12.2. The molecule has 186 valence electrons. The lowest BCUT2D eigenvalue weighted by Gasteiger charge is -2.37. The van der Waals surface area contributed by atoms with Crippen LogP contribution in [0, 0.1) is 19.7 Å². The molecule has 6 rings (SSSR count). The smallest absolute Gasteiger partial charge is 0.281 e. The van der Waals surface area contributed by atoms with Crippen molar-refractivity contribution in [2.24, 2.45) is 0 Å². The van der Waals surface area contributed by atoms with Crippen molar-refractivity contribution in [1.82, 2.24) is 24.7 Å². The number of rotatable bonds is 3. The molecule has 3 aromatic carbocycles. The van der Waals surface area contributed by atoms with Crippen LogP contribution in [0.2, 0.25) is 0 Å². The zero-order chi connectivity index (χ0) is 25.7. The van der Waals surface area contributed by atoms with E-state index in [0.29, 0.717) is 29.6 Å². The molecule has 1 amide bonds. The van der Waals surface area contributed by atoms with Crippen molar-refractivity contribution < 1.29 is 9.18 Å². The summed E-state index contributed by atoms with van der Waals surface area (Å²) in [5.74, 6) is -0.566. The maximum atomic E-state index is 14.4. The van der Waals surface area contributed by atoms with Crippen molar-refractivity contribution in [2.75, 3.05) is 31.1 Å². The Bertz CT molecular complexity index is 1730. The largest absolute Gasteiger partial charge is 0.368 e. The molecule has 2 aromatic heterocycles. The lowest BCUT2D eigenvalue weighted by atomic mass is 10.1. The van der Waals surface area contributed by atoms with Crippen molar-refractivity contribution in [1.29, 1.82) is 0 Å². The molecule has 1 saturated heterocycles. The molecule has 1 aliphatic rings. The van der Waals surface area contributed by atoms with Crippen molar-refractivity contribution in [3.8, 4) is 11.3 Å². The molecular formula is C28H25FN6O2. The Hall–Kier alpha value is -4.53. The Morgan fingerprint density at radius 1 is 0.973 bits per heavy atom. The number of piperazine rings is 1. The number of hydrogen-bond acceptors (Lipinski definition) is 5. The van der Waals surface area contributed by atoms with E-state index in [4.69, 9.17) is 0 Å². The topological polar surface area (TPSA) is 86.6 Å². The Morgan fingerprint density at radius 3 is 2.54 bits per heavy atom. The average molecular weight is 497 g/mol. The van der Waals surface area contributed by atoms with E-state index in [1.807, 2.05) is 4.90 Å². The van der Waals surface area contributed by atoms with Crippen LogP contribution in [-0.4, -0.2) is 56.8 Å². The molecule has 0 unspecified atom stereocenters. The number of halogens is 1. The summed E-state index contributed by atoms with van der Waals surface area (Å²) in [7, 11) is 0. The number of nitrogens with one attached hydrogen (secondary N) is 1. The molecule has 0 aliphatic carbocycles. The van der Waals surface area contributed by atoms with Gasteiger partial charge in [-0.05, 0) is 61.4 Å². The number of nitrogens with zero attached hydrogens (tertiary/aromatic N) is 5. The van der Waals surface area contributed by atoms with E-state index < -0.39 is 11.4 Å². The molecule has 0 spiro atoms. The first-order chi connectivity index (χ1) is 17.9. The van der Waals surface area contributed by atoms with Gasteiger partial charge in [0.25, 0.3) is 11.5 Å². The van der Waals surface area contributed by atoms with E-state index in [9.17, 15) is 14.0 Å². The van der Waals surface area contributed by atoms with Crippen LogP contribution in [0.1, 0.15) is 21.5 Å². The normalized spacial score (nSPS) is 14.0. The van der Waals surface area contributed by atoms with Crippen LogP contribution in [0.15, 0.2) is 65.5 Å². The van der Waals surface area contributed by atoms with E-state index in [1.54, 1.807) is 36.4 Å². The van der Waals surface area contributed by atoms with E-state index in [2.05, 4.69) is 52.2 Å². The second-order valence-corrected chi connectivity index (χ2v) is 9.35. The summed E-state index contributed by atoms with van der Waals surface area (Å²) in [5.41, 5.74) is 4.85. The van der Waals surface area contributed by atoms with Gasteiger partial charge in [-0.3, -0.25) is 9.59 Å². The predicted octanol–water partition coefficient (Wildman–Crippen LogP) is 3.96. The fraction of sp³-hybridized carbons (Fsp3) is 0.214. The van der Waals surface area contributed by atoms with Gasteiger partial charge in [0.1, 0.15) is 11.5 Å². The maximum absolute atomic E-state index is 14.4. The third-order valence-electron chi connectivity index (χ3n) is 7.22. The van der Waals surface area contributed by atoms with Gasteiger partial charge in [-0.1, -0.05) is 24.3 Å². The summed E-state index contributed by atoms with van der Waals surface area (Å²) in [6.07, 6.45) is 0. The highest BCUT2D eigenvalue weighted by molar-refractivity contribution is 5.98. The lowest BCUT2D eigenvalue weighted by Crippen LogP contribution is -2.49. The third-order valence-corrected chi connectivity index (χ3v) is 7.22. The molecule has 1 fully saturated rings. The standard InChI is InChI=1S/C28H25FN6O2/c1-17-6-5-9-23(18(17)2)33-12-14-34(15-13-33)28(37)19-10-11-21-24(16-19)35-26(30-27(21)36)25(31-32-35)20-7-3-4-8-22(20)29/h3-11,16,32H,12-15H2,1-2H3. The molecule has 9 heteroatoms. The highest BCUT2D eigenvalue weighted by Crippen LogP contribution is 2.26. The van der Waals surface area contributed by atoms with Crippen LogP contribution in [0.4, 0.5) is 10.1 Å². The van der Waals surface area contributed by atoms with Crippen molar-refractivity contribution >= 4 is 28.1 Å². The average Bonchev–Trinajstić information content (AvgIpc) is 3.34. The SMILES string of the molecule is Cc1cccc(N2CCN(C(=O)c3ccc4c(=O)nc5c(-c6ccccc6F)n[nH]n5c4c3)CC2)c1C. The van der Waals surface area contributed by atoms with Crippen molar-refractivity contribution in [2.45, 2.75) is 13.8 Å². The van der Waals surface area contributed by atoms with Gasteiger partial charge in [-0.25, -0.2) is 14.1 Å². The zero-order valence-corrected chi connectivity index (χ0v) is 20.5. The number of aromatic nitrogens is 4. The molecule has 1 N–H and O–H groups in total. The summed E-state index contributed by atoms with van der Waals surface area (Å²) >= 11 is 0. The Morgan fingerprint density at radius 2 is 1.76 bits per heavy atom. The summed E-state index contributed by atoms with van der Waals surface area (Å²) in [6.45, 7) is 6.90. The second kappa shape index (κ2) is 8.85. The first kappa shape index (κ1) is 22.9. The monoisotopic (exact) mass is 496 g/mol. The van der Waals surface area contributed by atoms with Gasteiger partial charge in [-0.15, -0.1) is 0 Å². The molecule has 8 nitrogen and oxygen atoms in total. The number of amides is 1. The van der Waals surface area contributed by atoms with Gasteiger partial charge < -0.3 is 9.80 Å². The van der Waals surface area contributed by atoms with Crippen LogP contribution in [0.25, 0.3) is 27.8 Å². The van der Waals surface area contributed by atoms with Crippen LogP contribution in [-0.2, 0) is 0 Å². The fourth-order valence-corrected chi connectivity index (χ4v) is 5.01. The number of fused-ring (bicyclic) bond motifs is 3.